The largest absolute Gasteiger partial charge is 0.496 e. The van der Waals surface area contributed by atoms with E-state index in [9.17, 15) is 4.79 Å². The number of benzene rings is 1. The van der Waals surface area contributed by atoms with E-state index in [1.165, 1.54) is 11.1 Å². The summed E-state index contributed by atoms with van der Waals surface area (Å²) in [7, 11) is 1.70. The molecule has 0 saturated carbocycles. The van der Waals surface area contributed by atoms with Crippen molar-refractivity contribution in [1.82, 2.24) is 0 Å². The van der Waals surface area contributed by atoms with E-state index in [0.29, 0.717) is 24.5 Å². The molecular weight excluding hydrogens is 212 g/mol. The second kappa shape index (κ2) is 6.43. The molecule has 0 spiro atoms. The molecule has 1 aromatic carbocycles. The van der Waals surface area contributed by atoms with Crippen molar-refractivity contribution in [2.24, 2.45) is 0 Å². The van der Waals surface area contributed by atoms with Crippen molar-refractivity contribution in [2.75, 3.05) is 7.11 Å². The van der Waals surface area contributed by atoms with Crippen molar-refractivity contribution in [3.05, 3.63) is 29.3 Å². The minimum Gasteiger partial charge on any atom is -0.496 e. The van der Waals surface area contributed by atoms with Gasteiger partial charge in [-0.15, -0.1) is 0 Å². The molecule has 0 atom stereocenters. The van der Waals surface area contributed by atoms with Crippen LogP contribution >= 0.6 is 0 Å². The van der Waals surface area contributed by atoms with Gasteiger partial charge in [0.05, 0.1) is 7.11 Å². The first kappa shape index (κ1) is 13.8. The van der Waals surface area contributed by atoms with E-state index in [0.717, 1.165) is 12.2 Å². The number of hydrogen-bond donors (Lipinski definition) is 0. The van der Waals surface area contributed by atoms with Gasteiger partial charge in [0, 0.05) is 12.8 Å². The summed E-state index contributed by atoms with van der Waals surface area (Å²) in [6.07, 6.45) is 2.10. The Morgan fingerprint density at radius 2 is 2.06 bits per heavy atom. The lowest BCUT2D eigenvalue weighted by Gasteiger charge is -2.13. The minimum atomic E-state index is 0.326. The molecule has 2 heteroatoms. The van der Waals surface area contributed by atoms with E-state index in [4.69, 9.17) is 4.74 Å². The summed E-state index contributed by atoms with van der Waals surface area (Å²) in [6.45, 7) is 6.22. The molecule has 0 aliphatic heterocycles. The highest BCUT2D eigenvalue weighted by Gasteiger charge is 2.08. The van der Waals surface area contributed by atoms with Crippen LogP contribution in [-0.2, 0) is 11.2 Å². The lowest BCUT2D eigenvalue weighted by Crippen LogP contribution is -2.00. The molecule has 0 amide bonds. The van der Waals surface area contributed by atoms with Crippen LogP contribution in [0.1, 0.15) is 50.7 Å². The van der Waals surface area contributed by atoms with Gasteiger partial charge in [-0.2, -0.15) is 0 Å². The molecule has 2 nitrogen and oxygen atoms in total. The highest BCUT2D eigenvalue weighted by atomic mass is 16.5. The molecule has 0 radical (unpaired) electrons. The Morgan fingerprint density at radius 3 is 2.59 bits per heavy atom. The first-order valence-electron chi connectivity index (χ1n) is 6.27. The van der Waals surface area contributed by atoms with Crippen molar-refractivity contribution in [2.45, 2.75) is 46.0 Å². The molecule has 0 saturated heterocycles. The van der Waals surface area contributed by atoms with E-state index in [2.05, 4.69) is 19.9 Å². The Morgan fingerprint density at radius 1 is 1.35 bits per heavy atom. The molecule has 1 aromatic rings. The molecular formula is C15H22O2. The summed E-state index contributed by atoms with van der Waals surface area (Å²) < 4.78 is 5.34. The number of ketones is 1. The predicted octanol–water partition coefficient (Wildman–Crippen LogP) is 3.73. The molecule has 0 aromatic heterocycles. The quantitative estimate of drug-likeness (QED) is 0.749. The van der Waals surface area contributed by atoms with Gasteiger partial charge in [-0.1, -0.05) is 32.9 Å². The number of carbonyl (C=O) groups is 1. The Bertz CT molecular complexity index is 381. The normalized spacial score (nSPS) is 10.6. The highest BCUT2D eigenvalue weighted by Crippen LogP contribution is 2.27. The van der Waals surface area contributed by atoms with E-state index in [-0.39, 0.29) is 0 Å². The van der Waals surface area contributed by atoms with E-state index in [1.807, 2.05) is 19.1 Å². The zero-order valence-corrected chi connectivity index (χ0v) is 11.2. The third kappa shape index (κ3) is 3.88. The summed E-state index contributed by atoms with van der Waals surface area (Å²) in [6, 6.07) is 6.21. The maximum Gasteiger partial charge on any atom is 0.132 e. The van der Waals surface area contributed by atoms with Gasteiger partial charge in [0.15, 0.2) is 0 Å². The lowest BCUT2D eigenvalue weighted by molar-refractivity contribution is -0.118. The van der Waals surface area contributed by atoms with Crippen LogP contribution in [0.5, 0.6) is 5.75 Å². The standard InChI is InChI=1S/C15H22O2/c1-5-13(16)8-6-12-7-9-15(17-4)14(10-12)11(2)3/h7,9-11H,5-6,8H2,1-4H3. The molecule has 0 bridgehead atoms. The highest BCUT2D eigenvalue weighted by molar-refractivity contribution is 5.78. The van der Waals surface area contributed by atoms with Crippen LogP contribution in [0.3, 0.4) is 0 Å². The van der Waals surface area contributed by atoms with E-state index >= 15 is 0 Å². The third-order valence-electron chi connectivity index (χ3n) is 3.00. The second-order valence-corrected chi connectivity index (χ2v) is 4.62. The number of hydrogen-bond acceptors (Lipinski definition) is 2. The molecule has 0 aliphatic rings. The zero-order chi connectivity index (χ0) is 12.8. The SMILES string of the molecule is CCC(=O)CCc1ccc(OC)c(C(C)C)c1. The molecule has 0 aliphatic carbocycles. The fraction of sp³-hybridized carbons (Fsp3) is 0.533. The van der Waals surface area contributed by atoms with Gasteiger partial charge >= 0.3 is 0 Å². The Labute approximate surface area is 104 Å². The van der Waals surface area contributed by atoms with Crippen molar-refractivity contribution >= 4 is 5.78 Å². The number of Topliss-reactive ketones (excluding diaryl/α,β-unsaturated/α-hetero) is 1. The van der Waals surface area contributed by atoms with Crippen molar-refractivity contribution in [3.63, 3.8) is 0 Å². The summed E-state index contributed by atoms with van der Waals surface area (Å²) in [5.41, 5.74) is 2.44. The van der Waals surface area contributed by atoms with Gasteiger partial charge in [0.25, 0.3) is 0 Å². The number of carbonyl (C=O) groups excluding carboxylic acids is 1. The Kier molecular flexibility index (Phi) is 5.20. The van der Waals surface area contributed by atoms with Crippen LogP contribution in [-0.4, -0.2) is 12.9 Å². The van der Waals surface area contributed by atoms with Crippen LogP contribution in [0, 0.1) is 0 Å². The van der Waals surface area contributed by atoms with Gasteiger partial charge in [0.1, 0.15) is 11.5 Å². The molecule has 0 N–H and O–H groups in total. The first-order valence-corrected chi connectivity index (χ1v) is 6.27. The molecule has 0 unspecified atom stereocenters. The minimum absolute atomic E-state index is 0.326. The summed E-state index contributed by atoms with van der Waals surface area (Å²) in [5.74, 6) is 1.70. The molecule has 0 heterocycles. The van der Waals surface area contributed by atoms with Gasteiger partial charge in [-0.25, -0.2) is 0 Å². The van der Waals surface area contributed by atoms with Gasteiger partial charge < -0.3 is 4.74 Å². The summed E-state index contributed by atoms with van der Waals surface area (Å²) in [4.78, 5) is 11.3. The van der Waals surface area contributed by atoms with Crippen LogP contribution < -0.4 is 4.74 Å². The maximum absolute atomic E-state index is 11.3. The van der Waals surface area contributed by atoms with Crippen molar-refractivity contribution < 1.29 is 9.53 Å². The van der Waals surface area contributed by atoms with Crippen molar-refractivity contribution in [3.8, 4) is 5.75 Å². The molecule has 0 fully saturated rings. The molecule has 1 rings (SSSR count). The average Bonchev–Trinajstić information content (AvgIpc) is 2.35. The van der Waals surface area contributed by atoms with E-state index < -0.39 is 0 Å². The third-order valence-corrected chi connectivity index (χ3v) is 3.00. The number of methoxy groups -OCH3 is 1. The predicted molar refractivity (Wildman–Crippen MR) is 70.7 cm³/mol. The maximum atomic E-state index is 11.3. The van der Waals surface area contributed by atoms with Gasteiger partial charge in [0.2, 0.25) is 0 Å². The van der Waals surface area contributed by atoms with E-state index in [1.54, 1.807) is 7.11 Å². The molecule has 94 valence electrons. The lowest BCUT2D eigenvalue weighted by atomic mass is 9.97. The van der Waals surface area contributed by atoms with Gasteiger partial charge in [-0.05, 0) is 29.5 Å². The second-order valence-electron chi connectivity index (χ2n) is 4.62. The fourth-order valence-electron chi connectivity index (χ4n) is 1.85. The Hall–Kier alpha value is -1.31. The van der Waals surface area contributed by atoms with Crippen LogP contribution in [0.15, 0.2) is 18.2 Å². The fourth-order valence-corrected chi connectivity index (χ4v) is 1.85. The van der Waals surface area contributed by atoms with Crippen LogP contribution in [0.25, 0.3) is 0 Å². The average molecular weight is 234 g/mol. The summed E-state index contributed by atoms with van der Waals surface area (Å²) in [5, 5.41) is 0. The monoisotopic (exact) mass is 234 g/mol. The zero-order valence-electron chi connectivity index (χ0n) is 11.2. The topological polar surface area (TPSA) is 26.3 Å². The van der Waals surface area contributed by atoms with Crippen molar-refractivity contribution in [1.29, 1.82) is 0 Å². The number of aryl methyl sites for hydroxylation is 1. The van der Waals surface area contributed by atoms with Crippen LogP contribution in [0.4, 0.5) is 0 Å². The van der Waals surface area contributed by atoms with Crippen LogP contribution in [0.2, 0.25) is 0 Å². The Balaban J connectivity index is 2.81. The number of ether oxygens (including phenoxy) is 1. The summed E-state index contributed by atoms with van der Waals surface area (Å²) >= 11 is 0. The van der Waals surface area contributed by atoms with Gasteiger partial charge in [-0.3, -0.25) is 4.79 Å². The first-order chi connectivity index (χ1) is 8.08. The number of rotatable bonds is 6. The molecule has 17 heavy (non-hydrogen) atoms. The smallest absolute Gasteiger partial charge is 0.132 e.